The van der Waals surface area contributed by atoms with Crippen LogP contribution in [0.2, 0.25) is 0 Å². The second-order valence-corrected chi connectivity index (χ2v) is 9.22. The number of nitrogens with zero attached hydrogens (tertiary/aromatic N) is 5. The molecule has 2 aromatic carbocycles. The fourth-order valence-electron chi connectivity index (χ4n) is 3.99. The van der Waals surface area contributed by atoms with E-state index in [1.807, 2.05) is 63.0 Å². The number of thioether (sulfide) groups is 1. The summed E-state index contributed by atoms with van der Waals surface area (Å²) in [4.78, 5) is 12.7. The van der Waals surface area contributed by atoms with Gasteiger partial charge in [-0.25, -0.2) is 0 Å². The monoisotopic (exact) mass is 476 g/mol. The summed E-state index contributed by atoms with van der Waals surface area (Å²) in [7, 11) is 5.41. The van der Waals surface area contributed by atoms with Crippen molar-refractivity contribution in [1.82, 2.24) is 24.5 Å². The molecule has 4 aromatic rings. The van der Waals surface area contributed by atoms with Gasteiger partial charge in [0.25, 0.3) is 0 Å². The maximum absolute atomic E-state index is 12.7. The van der Waals surface area contributed by atoms with Crippen LogP contribution in [-0.2, 0) is 18.9 Å². The summed E-state index contributed by atoms with van der Waals surface area (Å²) in [5.41, 5.74) is 6.72. The molecule has 0 saturated carbocycles. The van der Waals surface area contributed by atoms with Gasteiger partial charge >= 0.3 is 0 Å². The van der Waals surface area contributed by atoms with Crippen molar-refractivity contribution < 1.29 is 9.53 Å². The fraction of sp³-hybridized carbons (Fsp3) is 0.280. The molecule has 1 N–H and O–H groups in total. The number of rotatable bonds is 7. The van der Waals surface area contributed by atoms with E-state index in [1.165, 1.54) is 17.3 Å². The van der Waals surface area contributed by atoms with E-state index in [4.69, 9.17) is 4.74 Å². The molecule has 2 heterocycles. The zero-order valence-electron chi connectivity index (χ0n) is 20.2. The molecule has 0 fully saturated rings. The summed E-state index contributed by atoms with van der Waals surface area (Å²) in [6, 6.07) is 11.9. The molecule has 176 valence electrons. The van der Waals surface area contributed by atoms with Gasteiger partial charge in [0.05, 0.1) is 18.4 Å². The number of aryl methyl sites for hydroxylation is 4. The van der Waals surface area contributed by atoms with Gasteiger partial charge < -0.3 is 14.6 Å². The second kappa shape index (κ2) is 9.72. The molecule has 0 unspecified atom stereocenters. The molecule has 1 amide bonds. The molecule has 0 bridgehead atoms. The fourth-order valence-corrected chi connectivity index (χ4v) is 4.70. The number of carbonyl (C=O) groups excluding carboxylic acids is 1. The number of hydrogen-bond acceptors (Lipinski definition) is 6. The third-order valence-corrected chi connectivity index (χ3v) is 6.54. The van der Waals surface area contributed by atoms with E-state index in [0.717, 1.165) is 39.4 Å². The molecule has 0 spiro atoms. The predicted molar refractivity (Wildman–Crippen MR) is 135 cm³/mol. The van der Waals surface area contributed by atoms with Gasteiger partial charge in [-0.1, -0.05) is 41.6 Å². The number of hydrogen-bond donors (Lipinski definition) is 1. The maximum atomic E-state index is 12.7. The Morgan fingerprint density at radius 1 is 1.09 bits per heavy atom. The molecular formula is C25H28N6O2S. The van der Waals surface area contributed by atoms with Crippen molar-refractivity contribution in [3.63, 3.8) is 0 Å². The van der Waals surface area contributed by atoms with E-state index in [-0.39, 0.29) is 11.7 Å². The number of nitrogens with one attached hydrogen (secondary N) is 1. The van der Waals surface area contributed by atoms with Gasteiger partial charge in [0.15, 0.2) is 11.0 Å². The molecular weight excluding hydrogens is 448 g/mol. The molecule has 0 aliphatic carbocycles. The first kappa shape index (κ1) is 23.6. The molecule has 2 aromatic heterocycles. The Hall–Kier alpha value is -3.59. The summed E-state index contributed by atoms with van der Waals surface area (Å²) >= 11 is 1.35. The van der Waals surface area contributed by atoms with Crippen LogP contribution in [0.4, 0.5) is 5.69 Å². The lowest BCUT2D eigenvalue weighted by Gasteiger charge is -2.12. The lowest BCUT2D eigenvalue weighted by molar-refractivity contribution is -0.113. The molecule has 8 nitrogen and oxygen atoms in total. The summed E-state index contributed by atoms with van der Waals surface area (Å²) < 4.78 is 9.01. The first-order valence-electron chi connectivity index (χ1n) is 10.8. The lowest BCUT2D eigenvalue weighted by Crippen LogP contribution is -2.16. The van der Waals surface area contributed by atoms with Crippen LogP contribution in [0.3, 0.4) is 0 Å². The first-order chi connectivity index (χ1) is 16.3. The first-order valence-corrected chi connectivity index (χ1v) is 11.8. The van der Waals surface area contributed by atoms with E-state index in [9.17, 15) is 4.79 Å². The Morgan fingerprint density at radius 2 is 1.82 bits per heavy atom. The van der Waals surface area contributed by atoms with Crippen molar-refractivity contribution in [3.05, 3.63) is 59.3 Å². The van der Waals surface area contributed by atoms with Gasteiger partial charge in [0.1, 0.15) is 11.4 Å². The summed E-state index contributed by atoms with van der Waals surface area (Å²) in [5, 5.41) is 17.1. The van der Waals surface area contributed by atoms with Crippen molar-refractivity contribution in [2.24, 2.45) is 14.1 Å². The largest absolute Gasteiger partial charge is 0.497 e. The molecule has 0 radical (unpaired) electrons. The molecule has 0 saturated heterocycles. The third-order valence-electron chi connectivity index (χ3n) is 5.52. The SMILES string of the molecule is COc1cccc(-c2nn(C)cc2-c2nnc(SCC(=O)Nc3c(C)cc(C)cc3C)n2C)c1. The normalized spacial score (nSPS) is 11.0. The van der Waals surface area contributed by atoms with Crippen molar-refractivity contribution >= 4 is 23.4 Å². The molecule has 9 heteroatoms. The quantitative estimate of drug-likeness (QED) is 0.394. The predicted octanol–water partition coefficient (Wildman–Crippen LogP) is 4.55. The van der Waals surface area contributed by atoms with Crippen LogP contribution in [0.1, 0.15) is 16.7 Å². The van der Waals surface area contributed by atoms with Crippen LogP contribution in [0.5, 0.6) is 5.75 Å². The van der Waals surface area contributed by atoms with Gasteiger partial charge in [0, 0.05) is 31.5 Å². The average molecular weight is 477 g/mol. The van der Waals surface area contributed by atoms with E-state index < -0.39 is 0 Å². The Bertz CT molecular complexity index is 1330. The zero-order valence-corrected chi connectivity index (χ0v) is 21.0. The van der Waals surface area contributed by atoms with E-state index in [1.54, 1.807) is 11.8 Å². The minimum atomic E-state index is -0.0805. The van der Waals surface area contributed by atoms with Crippen LogP contribution in [0, 0.1) is 20.8 Å². The Kier molecular flexibility index (Phi) is 6.74. The van der Waals surface area contributed by atoms with E-state index >= 15 is 0 Å². The highest BCUT2D eigenvalue weighted by molar-refractivity contribution is 7.99. The molecule has 0 atom stereocenters. The van der Waals surface area contributed by atoms with Crippen molar-refractivity contribution in [1.29, 1.82) is 0 Å². The van der Waals surface area contributed by atoms with Crippen LogP contribution < -0.4 is 10.1 Å². The van der Waals surface area contributed by atoms with E-state index in [0.29, 0.717) is 11.0 Å². The van der Waals surface area contributed by atoms with Crippen molar-refractivity contribution in [2.45, 2.75) is 25.9 Å². The Balaban J connectivity index is 1.53. The Morgan fingerprint density at radius 3 is 2.53 bits per heavy atom. The minimum absolute atomic E-state index is 0.0805. The number of ether oxygens (including phenoxy) is 1. The number of methoxy groups -OCH3 is 1. The van der Waals surface area contributed by atoms with Gasteiger partial charge in [-0.3, -0.25) is 9.48 Å². The smallest absolute Gasteiger partial charge is 0.234 e. The molecule has 0 aliphatic rings. The Labute approximate surface area is 203 Å². The highest BCUT2D eigenvalue weighted by Crippen LogP contribution is 2.33. The summed E-state index contributed by atoms with van der Waals surface area (Å²) in [6.45, 7) is 6.06. The standard InChI is InChI=1S/C25H28N6O2S/c1-15-10-16(2)22(17(3)11-15)26-21(32)14-34-25-28-27-24(31(25)5)20-13-30(4)29-23(20)18-8-7-9-19(12-18)33-6/h7-13H,14H2,1-6H3,(H,26,32). The molecule has 34 heavy (non-hydrogen) atoms. The second-order valence-electron chi connectivity index (χ2n) is 8.27. The minimum Gasteiger partial charge on any atom is -0.497 e. The highest BCUT2D eigenvalue weighted by Gasteiger charge is 2.20. The summed E-state index contributed by atoms with van der Waals surface area (Å²) in [6.07, 6.45) is 1.92. The van der Waals surface area contributed by atoms with Crippen LogP contribution in [0.15, 0.2) is 47.8 Å². The average Bonchev–Trinajstić information content (AvgIpc) is 3.36. The zero-order chi connectivity index (χ0) is 24.4. The van der Waals surface area contributed by atoms with Gasteiger partial charge in [0.2, 0.25) is 5.91 Å². The number of benzene rings is 2. The highest BCUT2D eigenvalue weighted by atomic mass is 32.2. The molecule has 4 rings (SSSR count). The number of carbonyl (C=O) groups is 1. The number of anilines is 1. The van der Waals surface area contributed by atoms with Gasteiger partial charge in [-0.05, 0) is 44.0 Å². The number of amides is 1. The van der Waals surface area contributed by atoms with E-state index in [2.05, 4.69) is 39.7 Å². The van der Waals surface area contributed by atoms with Crippen molar-refractivity contribution in [3.8, 4) is 28.4 Å². The van der Waals surface area contributed by atoms with Gasteiger partial charge in [-0.2, -0.15) is 5.10 Å². The van der Waals surface area contributed by atoms with Crippen LogP contribution in [-0.4, -0.2) is 43.3 Å². The van der Waals surface area contributed by atoms with Crippen LogP contribution >= 0.6 is 11.8 Å². The third kappa shape index (κ3) is 4.84. The summed E-state index contributed by atoms with van der Waals surface area (Å²) in [5.74, 6) is 1.59. The van der Waals surface area contributed by atoms with Crippen molar-refractivity contribution in [2.75, 3.05) is 18.2 Å². The number of aromatic nitrogens is 5. The maximum Gasteiger partial charge on any atom is 0.234 e. The topological polar surface area (TPSA) is 86.9 Å². The van der Waals surface area contributed by atoms with Crippen LogP contribution in [0.25, 0.3) is 22.6 Å². The van der Waals surface area contributed by atoms with Gasteiger partial charge in [-0.15, -0.1) is 10.2 Å². The lowest BCUT2D eigenvalue weighted by atomic mass is 10.1. The molecule has 0 aliphatic heterocycles.